The molecule has 17 heavy (non-hydrogen) atoms. The molecule has 3 nitrogen and oxygen atoms in total. The fraction of sp³-hybridized carbons (Fsp3) is 0.923. The van der Waals surface area contributed by atoms with E-state index in [1.54, 1.807) is 0 Å². The van der Waals surface area contributed by atoms with Crippen molar-refractivity contribution in [2.75, 3.05) is 25.9 Å². The number of nitrogens with one attached hydrogen (secondary N) is 1. The van der Waals surface area contributed by atoms with E-state index in [1.807, 2.05) is 11.8 Å². The number of thioether (sulfide) groups is 1. The molecule has 0 spiro atoms. The molecule has 1 saturated heterocycles. The molecular weight excluding hydrogens is 230 g/mol. The van der Waals surface area contributed by atoms with Crippen LogP contribution in [0.2, 0.25) is 0 Å². The Morgan fingerprint density at radius 1 is 1.35 bits per heavy atom. The lowest BCUT2D eigenvalue weighted by atomic mass is 9.85. The van der Waals surface area contributed by atoms with Gasteiger partial charge in [-0.3, -0.25) is 4.99 Å². The van der Waals surface area contributed by atoms with Gasteiger partial charge in [0.2, 0.25) is 0 Å². The predicted molar refractivity (Wildman–Crippen MR) is 76.8 cm³/mol. The zero-order valence-corrected chi connectivity index (χ0v) is 12.3. The molecule has 2 rings (SSSR count). The molecule has 0 aromatic carbocycles. The molecule has 0 aromatic rings. The quantitative estimate of drug-likeness (QED) is 0.778. The van der Waals surface area contributed by atoms with Gasteiger partial charge in [0.05, 0.1) is 6.04 Å². The van der Waals surface area contributed by atoms with E-state index in [4.69, 9.17) is 4.99 Å². The van der Waals surface area contributed by atoms with E-state index in [0.717, 1.165) is 6.54 Å². The third-order valence-corrected chi connectivity index (χ3v) is 4.56. The van der Waals surface area contributed by atoms with Crippen LogP contribution in [-0.4, -0.2) is 48.0 Å². The van der Waals surface area contributed by atoms with E-state index < -0.39 is 0 Å². The van der Waals surface area contributed by atoms with Crippen LogP contribution < -0.4 is 5.32 Å². The van der Waals surface area contributed by atoms with Crippen LogP contribution in [0.15, 0.2) is 4.99 Å². The van der Waals surface area contributed by atoms with E-state index in [-0.39, 0.29) is 0 Å². The number of hydrogen-bond donors (Lipinski definition) is 1. The largest absolute Gasteiger partial charge is 0.361 e. The van der Waals surface area contributed by atoms with Gasteiger partial charge in [-0.2, -0.15) is 0 Å². The Bertz CT molecular complexity index is 296. The molecule has 0 aromatic heterocycles. The van der Waals surface area contributed by atoms with Crippen molar-refractivity contribution in [3.63, 3.8) is 0 Å². The molecule has 2 unspecified atom stereocenters. The van der Waals surface area contributed by atoms with Crippen molar-refractivity contribution >= 4 is 16.9 Å². The van der Waals surface area contributed by atoms with Crippen molar-refractivity contribution < 1.29 is 0 Å². The second kappa shape index (κ2) is 5.19. The van der Waals surface area contributed by atoms with Crippen LogP contribution in [0, 0.1) is 5.41 Å². The van der Waals surface area contributed by atoms with Gasteiger partial charge in [-0.15, -0.1) is 0 Å². The number of aliphatic imine (C=N–C) groups is 1. The highest BCUT2D eigenvalue weighted by molar-refractivity contribution is 8.13. The number of amidine groups is 1. The highest BCUT2D eigenvalue weighted by Gasteiger charge is 2.28. The first-order valence-electron chi connectivity index (χ1n) is 6.61. The minimum absolute atomic E-state index is 0.292. The summed E-state index contributed by atoms with van der Waals surface area (Å²) in [5, 5.41) is 4.80. The first-order valence-corrected chi connectivity index (χ1v) is 7.59. The van der Waals surface area contributed by atoms with E-state index in [0.29, 0.717) is 17.5 Å². The van der Waals surface area contributed by atoms with Crippen LogP contribution in [0.5, 0.6) is 0 Å². The van der Waals surface area contributed by atoms with Crippen molar-refractivity contribution in [1.29, 1.82) is 0 Å². The van der Waals surface area contributed by atoms with E-state index in [1.165, 1.54) is 30.3 Å². The summed E-state index contributed by atoms with van der Waals surface area (Å²) in [5.74, 6) is 1.20. The second-order valence-electron chi connectivity index (χ2n) is 6.35. The maximum Gasteiger partial charge on any atom is 0.157 e. The minimum Gasteiger partial charge on any atom is -0.361 e. The zero-order chi connectivity index (χ0) is 12.5. The fourth-order valence-corrected chi connectivity index (χ4v) is 3.43. The summed E-state index contributed by atoms with van der Waals surface area (Å²) >= 11 is 1.89. The van der Waals surface area contributed by atoms with E-state index in [2.05, 4.69) is 38.0 Å². The lowest BCUT2D eigenvalue weighted by Gasteiger charge is -2.31. The SMILES string of the molecule is CN1CCC(NC2=NC(C(C)(C)C)CCS2)C1. The number of nitrogens with zero attached hydrogens (tertiary/aromatic N) is 2. The van der Waals surface area contributed by atoms with Gasteiger partial charge in [-0.05, 0) is 31.8 Å². The molecule has 0 amide bonds. The molecule has 0 saturated carbocycles. The zero-order valence-electron chi connectivity index (χ0n) is 11.5. The Balaban J connectivity index is 1.94. The van der Waals surface area contributed by atoms with Gasteiger partial charge in [-0.1, -0.05) is 32.5 Å². The summed E-state index contributed by atoms with van der Waals surface area (Å²) in [4.78, 5) is 7.27. The van der Waals surface area contributed by atoms with Crippen molar-refractivity contribution in [2.45, 2.75) is 45.7 Å². The molecule has 1 N–H and O–H groups in total. The minimum atomic E-state index is 0.292. The van der Waals surface area contributed by atoms with Gasteiger partial charge < -0.3 is 10.2 Å². The van der Waals surface area contributed by atoms with Crippen LogP contribution in [0.1, 0.15) is 33.6 Å². The lowest BCUT2D eigenvalue weighted by molar-refractivity contribution is 0.315. The van der Waals surface area contributed by atoms with Crippen molar-refractivity contribution in [2.24, 2.45) is 10.4 Å². The second-order valence-corrected chi connectivity index (χ2v) is 7.43. The summed E-state index contributed by atoms with van der Waals surface area (Å²) in [6.45, 7) is 9.23. The van der Waals surface area contributed by atoms with Gasteiger partial charge in [0, 0.05) is 18.3 Å². The summed E-state index contributed by atoms with van der Waals surface area (Å²) in [6.07, 6.45) is 2.46. The monoisotopic (exact) mass is 255 g/mol. The molecule has 0 bridgehead atoms. The maximum absolute atomic E-state index is 4.89. The molecule has 4 heteroatoms. The Labute approximate surface area is 109 Å². The van der Waals surface area contributed by atoms with Crippen molar-refractivity contribution in [1.82, 2.24) is 10.2 Å². The lowest BCUT2D eigenvalue weighted by Crippen LogP contribution is -2.39. The number of rotatable bonds is 1. The summed E-state index contributed by atoms with van der Waals surface area (Å²) in [6, 6.07) is 1.08. The third-order valence-electron chi connectivity index (χ3n) is 3.62. The normalized spacial score (nSPS) is 31.4. The first kappa shape index (κ1) is 13.2. The summed E-state index contributed by atoms with van der Waals surface area (Å²) in [5.41, 5.74) is 0.292. The molecule has 2 atom stereocenters. The highest BCUT2D eigenvalue weighted by Crippen LogP contribution is 2.30. The van der Waals surface area contributed by atoms with Crippen LogP contribution in [0.3, 0.4) is 0 Å². The van der Waals surface area contributed by atoms with Gasteiger partial charge in [0.25, 0.3) is 0 Å². The highest BCUT2D eigenvalue weighted by atomic mass is 32.2. The molecule has 1 fully saturated rings. The number of likely N-dealkylation sites (tertiary alicyclic amines) is 1. The number of likely N-dealkylation sites (N-methyl/N-ethyl adjacent to an activating group) is 1. The van der Waals surface area contributed by atoms with E-state index >= 15 is 0 Å². The molecule has 0 aliphatic carbocycles. The van der Waals surface area contributed by atoms with Gasteiger partial charge >= 0.3 is 0 Å². The smallest absolute Gasteiger partial charge is 0.157 e. The molecule has 2 aliphatic heterocycles. The van der Waals surface area contributed by atoms with Crippen LogP contribution >= 0.6 is 11.8 Å². The fourth-order valence-electron chi connectivity index (χ4n) is 2.44. The topological polar surface area (TPSA) is 27.6 Å². The van der Waals surface area contributed by atoms with Crippen LogP contribution in [-0.2, 0) is 0 Å². The molecule has 2 heterocycles. The predicted octanol–water partition coefficient (Wildman–Crippen LogP) is 2.19. The van der Waals surface area contributed by atoms with Crippen LogP contribution in [0.4, 0.5) is 0 Å². The molecule has 98 valence electrons. The average molecular weight is 255 g/mol. The molecule has 0 radical (unpaired) electrons. The maximum atomic E-state index is 4.89. The van der Waals surface area contributed by atoms with Gasteiger partial charge in [0.1, 0.15) is 0 Å². The average Bonchev–Trinajstić information content (AvgIpc) is 2.63. The van der Waals surface area contributed by atoms with Crippen LogP contribution in [0.25, 0.3) is 0 Å². The van der Waals surface area contributed by atoms with Gasteiger partial charge in [-0.25, -0.2) is 0 Å². The Morgan fingerprint density at radius 3 is 2.71 bits per heavy atom. The van der Waals surface area contributed by atoms with Gasteiger partial charge in [0.15, 0.2) is 5.17 Å². The standard InChI is InChI=1S/C13H25N3S/c1-13(2,3)11-6-8-17-12(15-11)14-10-5-7-16(4)9-10/h10-11H,5-9H2,1-4H3,(H,14,15). The summed E-state index contributed by atoms with van der Waals surface area (Å²) in [7, 11) is 2.19. The van der Waals surface area contributed by atoms with Crippen molar-refractivity contribution in [3.8, 4) is 0 Å². The summed E-state index contributed by atoms with van der Waals surface area (Å²) < 4.78 is 0. The number of hydrogen-bond acceptors (Lipinski definition) is 4. The Kier molecular flexibility index (Phi) is 4.03. The molecular formula is C13H25N3S. The Hall–Kier alpha value is -0.220. The van der Waals surface area contributed by atoms with E-state index in [9.17, 15) is 0 Å². The Morgan fingerprint density at radius 2 is 2.12 bits per heavy atom. The molecule has 2 aliphatic rings. The third kappa shape index (κ3) is 3.62. The first-order chi connectivity index (χ1) is 7.95. The van der Waals surface area contributed by atoms with Crippen molar-refractivity contribution in [3.05, 3.63) is 0 Å².